The molecule has 0 saturated heterocycles. The van der Waals surface area contributed by atoms with E-state index in [-0.39, 0.29) is 24.0 Å². The highest BCUT2D eigenvalue weighted by Gasteiger charge is 2.45. The number of nitrogens with one attached hydrogen (secondary N) is 2. The molecule has 0 spiro atoms. The van der Waals surface area contributed by atoms with E-state index < -0.39 is 49.9 Å². The van der Waals surface area contributed by atoms with Crippen molar-refractivity contribution in [2.45, 2.75) is 50.5 Å². The van der Waals surface area contributed by atoms with Gasteiger partial charge in [-0.1, -0.05) is 19.6 Å². The third kappa shape index (κ3) is 12.7. The molecule has 0 aromatic carbocycles. The molecule has 0 aromatic rings. The van der Waals surface area contributed by atoms with Gasteiger partial charge < -0.3 is 9.47 Å². The summed E-state index contributed by atoms with van der Waals surface area (Å²) in [4.78, 5) is 20.9. The molecule has 2 aliphatic rings. The summed E-state index contributed by atoms with van der Waals surface area (Å²) < 4.78 is 116. The minimum absolute atomic E-state index is 0.0682. The fraction of sp³-hybridized carbons (Fsp3) is 0.682. The Morgan fingerprint density at radius 1 is 0.897 bits per heavy atom. The molecule has 0 aliphatic heterocycles. The summed E-state index contributed by atoms with van der Waals surface area (Å²) in [6.07, 6.45) is 4.43. The Balaban J connectivity index is 0.000000600. The molecule has 2 aliphatic carbocycles. The molecule has 0 radical (unpaired) electrons. The van der Waals surface area contributed by atoms with Gasteiger partial charge in [0.25, 0.3) is 0 Å². The largest absolute Gasteiger partial charge is 0.511 e. The van der Waals surface area contributed by atoms with Crippen molar-refractivity contribution >= 4 is 37.5 Å². The Bertz CT molecular complexity index is 1090. The Morgan fingerprint density at radius 2 is 1.44 bits per heavy atom. The molecule has 0 amide bonds. The first-order valence-electron chi connectivity index (χ1n) is 11.4. The van der Waals surface area contributed by atoms with Crippen molar-refractivity contribution in [3.8, 4) is 0 Å². The van der Waals surface area contributed by atoms with Crippen LogP contribution in [0.25, 0.3) is 0 Å². The van der Waals surface area contributed by atoms with Crippen LogP contribution >= 0.6 is 0 Å². The van der Waals surface area contributed by atoms with Gasteiger partial charge in [0.15, 0.2) is 0 Å². The van der Waals surface area contributed by atoms with E-state index >= 15 is 0 Å². The molecule has 4 unspecified atom stereocenters. The molecule has 228 valence electrons. The van der Waals surface area contributed by atoms with Crippen molar-refractivity contribution in [1.29, 1.82) is 0 Å². The van der Waals surface area contributed by atoms with Gasteiger partial charge in [-0.05, 0) is 56.7 Å². The zero-order valence-electron chi connectivity index (χ0n) is 21.7. The van der Waals surface area contributed by atoms with Gasteiger partial charge in [-0.25, -0.2) is 31.7 Å². The maximum absolute atomic E-state index is 12.3. The Morgan fingerprint density at radius 3 is 1.77 bits per heavy atom. The molecule has 0 aromatic heterocycles. The molecule has 2 rings (SSSR count). The smallest absolute Gasteiger partial charge is 0.466 e. The maximum atomic E-state index is 12.3. The molecule has 17 heteroatoms. The lowest BCUT2D eigenvalue weighted by molar-refractivity contribution is -0.138. The number of fused-ring (bicyclic) bond motifs is 2. The minimum atomic E-state index is -5.38. The molecule has 2 N–H and O–H groups in total. The van der Waals surface area contributed by atoms with Gasteiger partial charge in [0.1, 0.15) is 16.3 Å². The van der Waals surface area contributed by atoms with Crippen molar-refractivity contribution in [1.82, 2.24) is 9.44 Å². The zero-order valence-corrected chi connectivity index (χ0v) is 23.4. The molecule has 4 atom stereocenters. The van der Waals surface area contributed by atoms with Gasteiger partial charge in [-0.15, -0.1) is 0 Å². The van der Waals surface area contributed by atoms with Gasteiger partial charge in [0.2, 0.25) is 0 Å². The van der Waals surface area contributed by atoms with Crippen LogP contribution in [0, 0.1) is 17.8 Å². The van der Waals surface area contributed by atoms with E-state index in [0.717, 1.165) is 19.3 Å². The van der Waals surface area contributed by atoms with E-state index in [1.54, 1.807) is 6.92 Å². The quantitative estimate of drug-likeness (QED) is 0.134. The predicted molar refractivity (Wildman–Crippen MR) is 134 cm³/mol. The van der Waals surface area contributed by atoms with Crippen LogP contribution in [0.1, 0.15) is 39.5 Å². The first-order valence-corrected chi connectivity index (χ1v) is 14.6. The normalized spacial score (nSPS) is 21.8. The van der Waals surface area contributed by atoms with Crippen molar-refractivity contribution in [3.05, 3.63) is 24.3 Å². The number of hydrogen-bond acceptors (Lipinski definition) is 7. The number of alkyl halides is 6. The Labute approximate surface area is 224 Å². The SMILES string of the molecule is C=C(C)C(=O)OC.C=C(C)C(=O)OCCNS(=O)(=O)C(F)(F)F.C=S(=O)(NCC1CC2CCC1C2)C(F)(F)F. The number of halogens is 6. The van der Waals surface area contributed by atoms with Gasteiger partial charge in [0.05, 0.1) is 7.11 Å². The average Bonchev–Trinajstić information content (AvgIpc) is 3.42. The second kappa shape index (κ2) is 15.0. The summed E-state index contributed by atoms with van der Waals surface area (Å²) >= 11 is 0. The number of hydrogen-bond donors (Lipinski definition) is 2. The minimum Gasteiger partial charge on any atom is -0.466 e. The van der Waals surface area contributed by atoms with E-state index in [1.807, 2.05) is 0 Å². The van der Waals surface area contributed by atoms with E-state index in [4.69, 9.17) is 0 Å². The number of carbonyl (C=O) groups is 2. The van der Waals surface area contributed by atoms with E-state index in [2.05, 4.69) is 33.2 Å². The number of carbonyl (C=O) groups excluding carboxylic acids is 2. The summed E-state index contributed by atoms with van der Waals surface area (Å²) in [7, 11) is -8.20. The summed E-state index contributed by atoms with van der Waals surface area (Å²) in [5, 5.41) is 0. The molecule has 2 saturated carbocycles. The first-order chi connectivity index (χ1) is 17.6. The molecular formula is C22H34F6N2O7S2. The second-order valence-electron chi connectivity index (χ2n) is 8.94. The first kappa shape index (κ1) is 36.9. The van der Waals surface area contributed by atoms with Crippen LogP contribution in [0.2, 0.25) is 0 Å². The maximum Gasteiger partial charge on any atom is 0.511 e. The van der Waals surface area contributed by atoms with Crippen LogP contribution in [0.4, 0.5) is 26.3 Å². The van der Waals surface area contributed by atoms with Crippen LogP contribution in [-0.4, -0.2) is 68.3 Å². The van der Waals surface area contributed by atoms with E-state index in [0.29, 0.717) is 17.4 Å². The average molecular weight is 617 g/mol. The predicted octanol–water partition coefficient (Wildman–Crippen LogP) is 3.44. The van der Waals surface area contributed by atoms with Crippen LogP contribution in [0.3, 0.4) is 0 Å². The topological polar surface area (TPSA) is 128 Å². The zero-order chi connectivity index (χ0) is 30.8. The second-order valence-corrected chi connectivity index (χ2v) is 12.8. The summed E-state index contributed by atoms with van der Waals surface area (Å²) in [6, 6.07) is 0. The van der Waals surface area contributed by atoms with Crippen molar-refractivity contribution < 1.29 is 58.0 Å². The number of ether oxygens (including phenoxy) is 2. The molecule has 9 nitrogen and oxygen atoms in total. The van der Waals surface area contributed by atoms with Crippen molar-refractivity contribution in [2.24, 2.45) is 17.8 Å². The number of methoxy groups -OCH3 is 1. The van der Waals surface area contributed by atoms with Gasteiger partial charge >= 0.3 is 33.0 Å². The Kier molecular flexibility index (Phi) is 14.2. The standard InChI is InChI=1S/C10H16F3NOS.C7H10F3NO4S.C5H8O2/c1-16(15,10(11,12)13)14-6-9-5-7-2-3-8(9)4-7;1-5(2)6(12)15-4-3-11-16(13,14)7(8,9)10;1-4(2)5(6)7-3/h7-9H,1-6H2,(H,14,15);11H,1,3-4H2,2H3;1H2,2-3H3. The van der Waals surface area contributed by atoms with Gasteiger partial charge in [0, 0.05) is 24.2 Å². The summed E-state index contributed by atoms with van der Waals surface area (Å²) in [6.45, 7) is 8.56. The molecule has 2 bridgehead atoms. The van der Waals surface area contributed by atoms with Crippen molar-refractivity contribution in [2.75, 3.05) is 26.8 Å². The van der Waals surface area contributed by atoms with E-state index in [9.17, 15) is 48.6 Å². The monoisotopic (exact) mass is 616 g/mol. The van der Waals surface area contributed by atoms with Crippen LogP contribution in [0.5, 0.6) is 0 Å². The lowest BCUT2D eigenvalue weighted by Crippen LogP contribution is -2.39. The van der Waals surface area contributed by atoms with Crippen LogP contribution in [-0.2, 0) is 38.8 Å². The van der Waals surface area contributed by atoms with E-state index in [1.165, 1.54) is 25.2 Å². The molecule has 0 heterocycles. The third-order valence-corrected chi connectivity index (χ3v) is 8.23. The van der Waals surface area contributed by atoms with Crippen molar-refractivity contribution in [3.63, 3.8) is 0 Å². The number of sulfonamides is 1. The van der Waals surface area contributed by atoms with Crippen LogP contribution < -0.4 is 9.44 Å². The summed E-state index contributed by atoms with van der Waals surface area (Å²) in [5.41, 5.74) is -9.61. The lowest BCUT2D eigenvalue weighted by atomic mass is 9.89. The number of esters is 2. The highest BCUT2D eigenvalue weighted by molar-refractivity contribution is 7.99. The fourth-order valence-electron chi connectivity index (χ4n) is 3.65. The lowest BCUT2D eigenvalue weighted by Gasteiger charge is -2.23. The molecular weight excluding hydrogens is 582 g/mol. The van der Waals surface area contributed by atoms with Crippen LogP contribution in [0.15, 0.2) is 24.3 Å². The molecule has 2 fully saturated rings. The third-order valence-electron chi connectivity index (χ3n) is 5.65. The van der Waals surface area contributed by atoms with Gasteiger partial charge in [-0.3, -0.25) is 0 Å². The highest BCUT2D eigenvalue weighted by Crippen LogP contribution is 2.48. The summed E-state index contributed by atoms with van der Waals surface area (Å²) in [5.74, 6) is 3.07. The number of rotatable bonds is 9. The fourth-order valence-corrected chi connectivity index (χ4v) is 4.81. The van der Waals surface area contributed by atoms with Gasteiger partial charge in [-0.2, -0.15) is 26.3 Å². The Hall–Kier alpha value is -2.11. The highest BCUT2D eigenvalue weighted by atomic mass is 32.2. The molecule has 39 heavy (non-hydrogen) atoms.